The molecule has 0 radical (unpaired) electrons. The lowest BCUT2D eigenvalue weighted by Gasteiger charge is -2.14. The summed E-state index contributed by atoms with van der Waals surface area (Å²) in [5.74, 6) is -1.01. The molecule has 5 heteroatoms. The van der Waals surface area contributed by atoms with Gasteiger partial charge in [-0.25, -0.2) is 4.79 Å². The Morgan fingerprint density at radius 2 is 2.05 bits per heavy atom. The number of hydrogen-bond donors (Lipinski definition) is 3. The van der Waals surface area contributed by atoms with Gasteiger partial charge in [0.1, 0.15) is 0 Å². The molecule has 0 spiro atoms. The van der Waals surface area contributed by atoms with Crippen molar-refractivity contribution in [2.24, 2.45) is 0 Å². The molecule has 0 fully saturated rings. The number of carbonyl (C=O) groups is 1. The summed E-state index contributed by atoms with van der Waals surface area (Å²) < 4.78 is 0.909. The number of benzene rings is 2. The summed E-state index contributed by atoms with van der Waals surface area (Å²) in [5, 5.41) is 12.3. The second kappa shape index (κ2) is 5.32. The number of carboxylic acids is 1. The topological polar surface area (TPSA) is 75.3 Å². The predicted octanol–water partition coefficient (Wildman–Crippen LogP) is 3.78. The Hall–Kier alpha value is -2.01. The van der Waals surface area contributed by atoms with E-state index in [0.717, 1.165) is 15.7 Å². The minimum atomic E-state index is -1.01. The number of carboxylic acid groups (broad SMARTS) is 1. The highest BCUT2D eigenvalue weighted by Crippen LogP contribution is 2.30. The summed E-state index contributed by atoms with van der Waals surface area (Å²) in [5.41, 5.74) is 8.64. The zero-order chi connectivity index (χ0) is 14.0. The van der Waals surface area contributed by atoms with Crippen LogP contribution in [0.4, 0.5) is 17.1 Å². The van der Waals surface area contributed by atoms with E-state index in [1.54, 1.807) is 12.1 Å². The summed E-state index contributed by atoms with van der Waals surface area (Å²) in [6.45, 7) is 1.94. The quantitative estimate of drug-likeness (QED) is 0.752. The van der Waals surface area contributed by atoms with Crippen LogP contribution in [-0.4, -0.2) is 11.1 Å². The van der Waals surface area contributed by atoms with Crippen molar-refractivity contribution >= 4 is 39.0 Å². The highest BCUT2D eigenvalue weighted by Gasteiger charge is 2.13. The zero-order valence-electron chi connectivity index (χ0n) is 10.3. The average Bonchev–Trinajstić information content (AvgIpc) is 2.35. The van der Waals surface area contributed by atoms with Gasteiger partial charge in [-0.2, -0.15) is 0 Å². The maximum absolute atomic E-state index is 11.2. The largest absolute Gasteiger partial charge is 0.478 e. The van der Waals surface area contributed by atoms with Crippen molar-refractivity contribution < 1.29 is 9.90 Å². The van der Waals surface area contributed by atoms with Crippen molar-refractivity contribution in [2.75, 3.05) is 11.1 Å². The summed E-state index contributed by atoms with van der Waals surface area (Å²) in [6.07, 6.45) is 0. The van der Waals surface area contributed by atoms with Gasteiger partial charge in [-0.05, 0) is 36.8 Å². The van der Waals surface area contributed by atoms with E-state index in [-0.39, 0.29) is 5.56 Å². The summed E-state index contributed by atoms with van der Waals surface area (Å²) in [4.78, 5) is 11.2. The fourth-order valence-corrected chi connectivity index (χ4v) is 2.11. The van der Waals surface area contributed by atoms with Gasteiger partial charge in [0.25, 0.3) is 0 Å². The van der Waals surface area contributed by atoms with Gasteiger partial charge in [0.2, 0.25) is 0 Å². The molecule has 0 saturated heterocycles. The van der Waals surface area contributed by atoms with E-state index in [2.05, 4.69) is 21.2 Å². The molecule has 2 aromatic rings. The van der Waals surface area contributed by atoms with Gasteiger partial charge in [0.05, 0.1) is 16.9 Å². The van der Waals surface area contributed by atoms with Crippen molar-refractivity contribution in [3.8, 4) is 0 Å². The smallest absolute Gasteiger partial charge is 0.337 e. The molecule has 4 N–H and O–H groups in total. The molecule has 0 unspecified atom stereocenters. The summed E-state index contributed by atoms with van der Waals surface area (Å²) in [6, 6.07) is 10.6. The fraction of sp³-hybridized carbons (Fsp3) is 0.0714. The van der Waals surface area contributed by atoms with Crippen molar-refractivity contribution in [1.29, 1.82) is 0 Å². The predicted molar refractivity (Wildman–Crippen MR) is 80.0 cm³/mol. The number of nitrogens with two attached hydrogens (primary N) is 1. The van der Waals surface area contributed by atoms with Crippen LogP contribution in [0.2, 0.25) is 0 Å². The Labute approximate surface area is 119 Å². The maximum atomic E-state index is 11.2. The first-order valence-corrected chi connectivity index (χ1v) is 6.43. The number of hydrogen-bond acceptors (Lipinski definition) is 3. The molecule has 0 aliphatic rings. The van der Waals surface area contributed by atoms with Crippen LogP contribution in [0.5, 0.6) is 0 Å². The summed E-state index contributed by atoms with van der Waals surface area (Å²) in [7, 11) is 0. The Kier molecular flexibility index (Phi) is 3.76. The first-order valence-electron chi connectivity index (χ1n) is 5.64. The third-order valence-electron chi connectivity index (χ3n) is 2.79. The van der Waals surface area contributed by atoms with Gasteiger partial charge in [0.15, 0.2) is 0 Å². The second-order valence-electron chi connectivity index (χ2n) is 4.16. The summed E-state index contributed by atoms with van der Waals surface area (Å²) >= 11 is 3.39. The second-order valence-corrected chi connectivity index (χ2v) is 5.07. The van der Waals surface area contributed by atoms with Crippen LogP contribution in [0.1, 0.15) is 15.9 Å². The standard InChI is InChI=1S/C14H13BrN2O2/c1-8-5-6-9(15)7-12(8)17-13-10(14(18)19)3-2-4-11(13)16/h2-7,17H,16H2,1H3,(H,18,19). The minimum absolute atomic E-state index is 0.152. The molecule has 0 bridgehead atoms. The molecular weight excluding hydrogens is 308 g/mol. The SMILES string of the molecule is Cc1ccc(Br)cc1Nc1c(N)cccc1C(=O)O. The number of halogens is 1. The normalized spacial score (nSPS) is 10.2. The van der Waals surface area contributed by atoms with E-state index >= 15 is 0 Å². The fourth-order valence-electron chi connectivity index (χ4n) is 1.75. The zero-order valence-corrected chi connectivity index (χ0v) is 11.9. The Morgan fingerprint density at radius 3 is 2.74 bits per heavy atom. The number of nitrogen functional groups attached to an aromatic ring is 1. The van der Waals surface area contributed by atoms with Gasteiger partial charge >= 0.3 is 5.97 Å². The molecule has 2 rings (SSSR count). The minimum Gasteiger partial charge on any atom is -0.478 e. The monoisotopic (exact) mass is 320 g/mol. The molecular formula is C14H13BrN2O2. The molecule has 0 atom stereocenters. The molecule has 0 saturated carbocycles. The molecule has 0 aliphatic heterocycles. The number of rotatable bonds is 3. The highest BCUT2D eigenvalue weighted by molar-refractivity contribution is 9.10. The number of anilines is 3. The average molecular weight is 321 g/mol. The van der Waals surface area contributed by atoms with Gasteiger partial charge < -0.3 is 16.2 Å². The molecule has 98 valence electrons. The van der Waals surface area contributed by atoms with Crippen molar-refractivity contribution in [2.45, 2.75) is 6.92 Å². The van der Waals surface area contributed by atoms with Gasteiger partial charge in [0, 0.05) is 10.2 Å². The number of aryl methyl sites for hydroxylation is 1. The van der Waals surface area contributed by atoms with E-state index in [1.165, 1.54) is 6.07 Å². The number of para-hydroxylation sites is 1. The number of nitrogens with one attached hydrogen (secondary N) is 1. The molecule has 2 aromatic carbocycles. The Morgan fingerprint density at radius 1 is 1.32 bits per heavy atom. The van der Waals surface area contributed by atoms with Crippen LogP contribution in [0, 0.1) is 6.92 Å². The van der Waals surface area contributed by atoms with E-state index in [9.17, 15) is 9.90 Å². The lowest BCUT2D eigenvalue weighted by Crippen LogP contribution is -2.06. The van der Waals surface area contributed by atoms with Crippen LogP contribution >= 0.6 is 15.9 Å². The number of aromatic carboxylic acids is 1. The van der Waals surface area contributed by atoms with Crippen LogP contribution in [0.25, 0.3) is 0 Å². The van der Waals surface area contributed by atoms with Crippen molar-refractivity contribution in [3.05, 3.63) is 52.0 Å². The Balaban J connectivity index is 2.49. The molecule has 0 heterocycles. The molecule has 0 amide bonds. The first-order chi connectivity index (χ1) is 8.99. The lowest BCUT2D eigenvalue weighted by atomic mass is 10.1. The molecule has 0 aromatic heterocycles. The third kappa shape index (κ3) is 2.88. The molecule has 19 heavy (non-hydrogen) atoms. The van der Waals surface area contributed by atoms with Gasteiger partial charge in [-0.3, -0.25) is 0 Å². The van der Waals surface area contributed by atoms with Crippen LogP contribution in [-0.2, 0) is 0 Å². The van der Waals surface area contributed by atoms with E-state index < -0.39 is 5.97 Å². The van der Waals surface area contributed by atoms with Crippen LogP contribution in [0.3, 0.4) is 0 Å². The van der Waals surface area contributed by atoms with Crippen LogP contribution in [0.15, 0.2) is 40.9 Å². The van der Waals surface area contributed by atoms with Gasteiger partial charge in [-0.15, -0.1) is 0 Å². The van der Waals surface area contributed by atoms with Crippen LogP contribution < -0.4 is 11.1 Å². The third-order valence-corrected chi connectivity index (χ3v) is 3.28. The molecule has 0 aliphatic carbocycles. The van der Waals surface area contributed by atoms with E-state index in [1.807, 2.05) is 25.1 Å². The highest BCUT2D eigenvalue weighted by atomic mass is 79.9. The van der Waals surface area contributed by atoms with E-state index in [4.69, 9.17) is 5.73 Å². The van der Waals surface area contributed by atoms with E-state index in [0.29, 0.717) is 11.4 Å². The maximum Gasteiger partial charge on any atom is 0.337 e. The molecule has 4 nitrogen and oxygen atoms in total. The first kappa shape index (κ1) is 13.4. The lowest BCUT2D eigenvalue weighted by molar-refractivity contribution is 0.0698. The van der Waals surface area contributed by atoms with Crippen molar-refractivity contribution in [3.63, 3.8) is 0 Å². The van der Waals surface area contributed by atoms with Gasteiger partial charge in [-0.1, -0.05) is 28.1 Å². The van der Waals surface area contributed by atoms with Crippen molar-refractivity contribution in [1.82, 2.24) is 0 Å². The Bertz CT molecular complexity index is 641.